The first-order valence-corrected chi connectivity index (χ1v) is 16.6. The van der Waals surface area contributed by atoms with E-state index in [0.717, 1.165) is 49.6 Å². The van der Waals surface area contributed by atoms with Crippen LogP contribution in [0.25, 0.3) is 0 Å². The van der Waals surface area contributed by atoms with Crippen LogP contribution in [-0.4, -0.2) is 96.9 Å². The van der Waals surface area contributed by atoms with Gasteiger partial charge < -0.3 is 30.7 Å². The Hall–Kier alpha value is -3.12. The van der Waals surface area contributed by atoms with Gasteiger partial charge in [-0.05, 0) is 88.1 Å². The third kappa shape index (κ3) is 7.56. The van der Waals surface area contributed by atoms with Gasteiger partial charge in [0.1, 0.15) is 5.76 Å². The summed E-state index contributed by atoms with van der Waals surface area (Å²) in [6.45, 7) is 7.15. The largest absolute Gasteiger partial charge is 0.457 e. The number of likely N-dealkylation sites (tertiary alicyclic amines) is 1. The van der Waals surface area contributed by atoms with Crippen molar-refractivity contribution in [2.24, 2.45) is 10.9 Å². The molecule has 1 aliphatic carbocycles. The highest BCUT2D eigenvalue weighted by Crippen LogP contribution is 2.43. The number of allylic oxidation sites excluding steroid dienone is 3. The van der Waals surface area contributed by atoms with Crippen LogP contribution in [0.3, 0.4) is 0 Å². The van der Waals surface area contributed by atoms with E-state index in [1.54, 1.807) is 36.2 Å². The van der Waals surface area contributed by atoms with Crippen LogP contribution >= 0.6 is 11.8 Å². The Morgan fingerprint density at radius 3 is 2.91 bits per heavy atom. The number of likely N-dealkylation sites (N-methyl/N-ethyl adjacent to an activating group) is 1. The highest BCUT2D eigenvalue weighted by atomic mass is 32.2. The monoisotopic (exact) mass is 622 g/mol. The second-order valence-electron chi connectivity index (χ2n) is 12.4. The number of amides is 2. The van der Waals surface area contributed by atoms with Gasteiger partial charge in [0, 0.05) is 66.8 Å². The predicted octanol–water partition coefficient (Wildman–Crippen LogP) is 4.26. The van der Waals surface area contributed by atoms with Gasteiger partial charge in [-0.15, -0.1) is 11.8 Å². The number of urea groups is 1. The van der Waals surface area contributed by atoms with Gasteiger partial charge >= 0.3 is 6.03 Å². The zero-order valence-corrected chi connectivity index (χ0v) is 26.3. The summed E-state index contributed by atoms with van der Waals surface area (Å²) in [5.74, 6) is 0.841. The van der Waals surface area contributed by atoms with Gasteiger partial charge in [-0.1, -0.05) is 6.08 Å². The number of fused-ring (bicyclic) bond motifs is 1. The topological polar surface area (TPSA) is 101 Å². The number of aliphatic hydroxyl groups excluding tert-OH is 1. The van der Waals surface area contributed by atoms with Crippen molar-refractivity contribution in [3.63, 3.8) is 0 Å². The molecular weight excluding hydrogens is 579 g/mol. The molecule has 4 heterocycles. The number of thioether (sulfide) groups is 1. The molecule has 0 aromatic heterocycles. The van der Waals surface area contributed by atoms with Crippen molar-refractivity contribution in [3.8, 4) is 5.75 Å². The highest BCUT2D eigenvalue weighted by Gasteiger charge is 2.36. The average molecular weight is 623 g/mol. The summed E-state index contributed by atoms with van der Waals surface area (Å²) in [7, 11) is 2.11. The Kier molecular flexibility index (Phi) is 9.75. The van der Waals surface area contributed by atoms with E-state index in [4.69, 9.17) is 4.74 Å². The van der Waals surface area contributed by atoms with E-state index in [2.05, 4.69) is 62.9 Å². The Balaban J connectivity index is 1.03. The number of carbonyl (C=O) groups is 1. The fraction of sp³-hybridized carbons (Fsp3) is 0.515. The van der Waals surface area contributed by atoms with Crippen LogP contribution in [-0.2, 0) is 0 Å². The van der Waals surface area contributed by atoms with Gasteiger partial charge in [0.2, 0.25) is 0 Å². The SMILES string of the molecule is CC(C1CCCN(CC2=CC=C(C3=CC4N=CC=C(Oc5ccc(NC(=O)NC6CC6)cc5F)C4S3)NC2)C1)N(C)CCO. The zero-order chi connectivity index (χ0) is 30.6. The number of hydrogen-bond acceptors (Lipinski definition) is 8. The van der Waals surface area contributed by atoms with Crippen molar-refractivity contribution in [2.45, 2.75) is 56.0 Å². The first kappa shape index (κ1) is 30.9. The smallest absolute Gasteiger partial charge is 0.319 e. The molecule has 1 aromatic carbocycles. The van der Waals surface area contributed by atoms with E-state index in [1.165, 1.54) is 24.5 Å². The average Bonchev–Trinajstić information content (AvgIpc) is 3.72. The second-order valence-corrected chi connectivity index (χ2v) is 13.6. The molecule has 1 aromatic rings. The quantitative estimate of drug-likeness (QED) is 0.293. The number of anilines is 1. The number of rotatable bonds is 11. The Morgan fingerprint density at radius 2 is 2.16 bits per heavy atom. The lowest BCUT2D eigenvalue weighted by Gasteiger charge is -2.39. The molecule has 6 rings (SSSR count). The summed E-state index contributed by atoms with van der Waals surface area (Å²) in [5, 5.41) is 18.4. The van der Waals surface area contributed by atoms with Gasteiger partial charge in [-0.3, -0.25) is 9.89 Å². The first-order chi connectivity index (χ1) is 21.4. The minimum absolute atomic E-state index is 0.0826. The lowest BCUT2D eigenvalue weighted by atomic mass is 9.90. The van der Waals surface area contributed by atoms with Crippen molar-refractivity contribution in [3.05, 3.63) is 70.3 Å². The summed E-state index contributed by atoms with van der Waals surface area (Å²) in [6, 6.07) is 4.74. The molecule has 1 saturated carbocycles. The van der Waals surface area contributed by atoms with E-state index in [9.17, 15) is 14.3 Å². The molecule has 4 aliphatic heterocycles. The van der Waals surface area contributed by atoms with E-state index < -0.39 is 5.82 Å². The molecular formula is C33H43FN6O3S. The van der Waals surface area contributed by atoms with Gasteiger partial charge in [0.15, 0.2) is 11.6 Å². The molecule has 0 radical (unpaired) electrons. The van der Waals surface area contributed by atoms with E-state index in [1.807, 2.05) is 0 Å². The zero-order valence-electron chi connectivity index (χ0n) is 25.5. The summed E-state index contributed by atoms with van der Waals surface area (Å²) >= 11 is 1.68. The van der Waals surface area contributed by atoms with Crippen LogP contribution in [0.15, 0.2) is 69.4 Å². The van der Waals surface area contributed by atoms with Crippen LogP contribution < -0.4 is 20.7 Å². The normalized spacial score (nSPS) is 25.7. The highest BCUT2D eigenvalue weighted by molar-refractivity contribution is 8.04. The van der Waals surface area contributed by atoms with Crippen molar-refractivity contribution in [1.29, 1.82) is 0 Å². The number of nitrogens with one attached hydrogen (secondary N) is 3. The Bertz CT molecular complexity index is 1390. The van der Waals surface area contributed by atoms with E-state index in [0.29, 0.717) is 30.0 Å². The summed E-state index contributed by atoms with van der Waals surface area (Å²) in [6.07, 6.45) is 14.5. The molecule has 236 valence electrons. The molecule has 5 aliphatic rings. The number of aliphatic hydroxyl groups is 1. The molecule has 9 nitrogen and oxygen atoms in total. The standard InChI is InChI=1S/C33H43FN6O3S/c1-21(39(2)14-15-41)23-4-3-13-40(20-23)19-22-5-9-27(36-18-22)31-17-28-32(44-31)30(11-12-35-28)43-29-10-8-25(16-26(29)34)38-33(42)37-24-6-7-24/h5,8-12,16-17,21,23-24,28,32,36,41H,3-4,6-7,13-15,18-20H2,1-2H3,(H2,37,38,42). The molecule has 1 saturated heterocycles. The lowest BCUT2D eigenvalue weighted by molar-refractivity contribution is 0.0944. The number of benzene rings is 1. The Morgan fingerprint density at radius 1 is 1.30 bits per heavy atom. The number of piperidine rings is 1. The fourth-order valence-electron chi connectivity index (χ4n) is 6.20. The third-order valence-electron chi connectivity index (χ3n) is 9.05. The fourth-order valence-corrected chi connectivity index (χ4v) is 7.49. The number of dihydropyridines is 2. The Labute approximate surface area is 263 Å². The van der Waals surface area contributed by atoms with Crippen LogP contribution in [0.2, 0.25) is 0 Å². The minimum atomic E-state index is -0.536. The van der Waals surface area contributed by atoms with Crippen molar-refractivity contribution in [2.75, 3.05) is 51.7 Å². The minimum Gasteiger partial charge on any atom is -0.457 e. The summed E-state index contributed by atoms with van der Waals surface area (Å²) in [4.78, 5) is 22.6. The number of nitrogens with zero attached hydrogens (tertiary/aromatic N) is 3. The van der Waals surface area contributed by atoms with Crippen LogP contribution in [0.1, 0.15) is 32.6 Å². The first-order valence-electron chi connectivity index (χ1n) is 15.7. The number of carbonyl (C=O) groups excluding carboxylic acids is 1. The van der Waals surface area contributed by atoms with Gasteiger partial charge in [-0.2, -0.15) is 0 Å². The van der Waals surface area contributed by atoms with Gasteiger partial charge in [0.25, 0.3) is 0 Å². The lowest BCUT2D eigenvalue weighted by Crippen LogP contribution is -2.46. The van der Waals surface area contributed by atoms with Crippen LogP contribution in [0.4, 0.5) is 14.9 Å². The molecule has 44 heavy (non-hydrogen) atoms. The van der Waals surface area contributed by atoms with E-state index >= 15 is 0 Å². The maximum absolute atomic E-state index is 15.0. The molecule has 4 unspecified atom stereocenters. The number of hydrogen-bond donors (Lipinski definition) is 4. The molecule has 2 amide bonds. The number of ether oxygens (including phenoxy) is 1. The maximum atomic E-state index is 15.0. The van der Waals surface area contributed by atoms with Crippen LogP contribution in [0.5, 0.6) is 5.75 Å². The molecule has 11 heteroatoms. The molecule has 0 spiro atoms. The molecule has 0 bridgehead atoms. The maximum Gasteiger partial charge on any atom is 0.319 e. The third-order valence-corrected chi connectivity index (χ3v) is 10.4. The number of halogens is 1. The van der Waals surface area contributed by atoms with Crippen molar-refractivity contribution >= 4 is 29.7 Å². The van der Waals surface area contributed by atoms with Gasteiger partial charge in [-0.25, -0.2) is 9.18 Å². The molecule has 4 atom stereocenters. The molecule has 2 fully saturated rings. The van der Waals surface area contributed by atoms with Crippen molar-refractivity contribution < 1.29 is 19.0 Å². The molecule has 4 N–H and O–H groups in total. The number of aliphatic imine (C=N–C) groups is 1. The predicted molar refractivity (Wildman–Crippen MR) is 175 cm³/mol. The van der Waals surface area contributed by atoms with E-state index in [-0.39, 0.29) is 35.7 Å². The van der Waals surface area contributed by atoms with Gasteiger partial charge in [0.05, 0.1) is 17.9 Å². The summed E-state index contributed by atoms with van der Waals surface area (Å²) in [5.41, 5.74) is 2.82. The second kappa shape index (κ2) is 13.9. The van der Waals surface area contributed by atoms with Crippen molar-refractivity contribution in [1.82, 2.24) is 20.4 Å². The summed E-state index contributed by atoms with van der Waals surface area (Å²) < 4.78 is 21.0. The van der Waals surface area contributed by atoms with Crippen LogP contribution in [0, 0.1) is 11.7 Å².